The van der Waals surface area contributed by atoms with Crippen LogP contribution in [-0.2, 0) is 19.6 Å². The highest BCUT2D eigenvalue weighted by Gasteiger charge is 2.24. The van der Waals surface area contributed by atoms with Gasteiger partial charge in [0.05, 0.1) is 18.0 Å². The molecule has 0 N–H and O–H groups in total. The molecule has 0 unspecified atom stereocenters. The van der Waals surface area contributed by atoms with Crippen LogP contribution in [0.25, 0.3) is 0 Å². The van der Waals surface area contributed by atoms with E-state index in [0.717, 1.165) is 15.4 Å². The molecule has 1 rings (SSSR count). The van der Waals surface area contributed by atoms with Crippen molar-refractivity contribution in [2.75, 3.05) is 23.2 Å². The van der Waals surface area contributed by atoms with Crippen molar-refractivity contribution in [3.63, 3.8) is 0 Å². The van der Waals surface area contributed by atoms with E-state index in [2.05, 4.69) is 0 Å². The number of carbonyl (C=O) groups excluding carboxylic acids is 1. The van der Waals surface area contributed by atoms with Gasteiger partial charge in [-0.05, 0) is 51.0 Å². The maximum Gasteiger partial charge on any atom is 0.326 e. The largest absolute Gasteiger partial charge is 0.465 e. The summed E-state index contributed by atoms with van der Waals surface area (Å²) in [7, 11) is -3.52. The Morgan fingerprint density at radius 2 is 1.85 bits per heavy atom. The highest BCUT2D eigenvalue weighted by molar-refractivity contribution is 7.92. The number of hydrogen-bond acceptors (Lipinski definition) is 4. The molecule has 20 heavy (non-hydrogen) atoms. The Morgan fingerprint density at radius 3 is 2.35 bits per heavy atom. The van der Waals surface area contributed by atoms with Crippen LogP contribution in [0, 0.1) is 13.8 Å². The van der Waals surface area contributed by atoms with Crippen molar-refractivity contribution in [3.8, 4) is 0 Å². The minimum atomic E-state index is -3.52. The van der Waals surface area contributed by atoms with E-state index < -0.39 is 16.0 Å². The van der Waals surface area contributed by atoms with Gasteiger partial charge in [0.1, 0.15) is 6.54 Å². The molecular weight excluding hydrogens is 278 g/mol. The number of sulfonamides is 1. The molecule has 5 nitrogen and oxygen atoms in total. The fraction of sp³-hybridized carbons (Fsp3) is 0.500. The lowest BCUT2D eigenvalue weighted by Gasteiger charge is -2.23. The quantitative estimate of drug-likeness (QED) is 0.754. The average Bonchev–Trinajstić information content (AvgIpc) is 2.39. The molecule has 0 radical (unpaired) electrons. The molecule has 0 amide bonds. The predicted molar refractivity (Wildman–Crippen MR) is 79.4 cm³/mol. The molecule has 112 valence electrons. The second kappa shape index (κ2) is 6.74. The lowest BCUT2D eigenvalue weighted by molar-refractivity contribution is -0.141. The van der Waals surface area contributed by atoms with Crippen LogP contribution in [-0.4, -0.2) is 33.3 Å². The van der Waals surface area contributed by atoms with Crippen LogP contribution in [0.5, 0.6) is 0 Å². The van der Waals surface area contributed by atoms with E-state index in [1.165, 1.54) is 0 Å². The van der Waals surface area contributed by atoms with Gasteiger partial charge in [0.2, 0.25) is 10.0 Å². The fourth-order valence-electron chi connectivity index (χ4n) is 1.71. The molecule has 0 fully saturated rings. The molecule has 0 saturated heterocycles. The van der Waals surface area contributed by atoms with Gasteiger partial charge in [-0.1, -0.05) is 6.07 Å². The van der Waals surface area contributed by atoms with E-state index in [4.69, 9.17) is 4.74 Å². The van der Waals surface area contributed by atoms with Crippen molar-refractivity contribution in [2.24, 2.45) is 0 Å². The van der Waals surface area contributed by atoms with Gasteiger partial charge in [-0.15, -0.1) is 0 Å². The summed E-state index contributed by atoms with van der Waals surface area (Å²) in [6, 6.07) is 5.31. The highest BCUT2D eigenvalue weighted by Crippen LogP contribution is 2.21. The molecule has 0 bridgehead atoms. The zero-order valence-corrected chi connectivity index (χ0v) is 13.2. The summed E-state index contributed by atoms with van der Waals surface area (Å²) in [5, 5.41) is 0. The van der Waals surface area contributed by atoms with Gasteiger partial charge in [-0.25, -0.2) is 8.42 Å². The Balaban J connectivity index is 3.16. The number of ether oxygens (including phenoxy) is 1. The number of rotatable bonds is 6. The van der Waals surface area contributed by atoms with Gasteiger partial charge in [-0.3, -0.25) is 9.10 Å². The predicted octanol–water partition coefficient (Wildman–Crippen LogP) is 2.02. The highest BCUT2D eigenvalue weighted by atomic mass is 32.2. The molecule has 0 aromatic heterocycles. The van der Waals surface area contributed by atoms with Gasteiger partial charge in [0, 0.05) is 0 Å². The van der Waals surface area contributed by atoms with E-state index in [1.54, 1.807) is 26.0 Å². The molecule has 0 heterocycles. The van der Waals surface area contributed by atoms with Gasteiger partial charge < -0.3 is 4.74 Å². The lowest BCUT2D eigenvalue weighted by atomic mass is 10.1. The van der Waals surface area contributed by atoms with Gasteiger partial charge in [0.25, 0.3) is 0 Å². The second-order valence-corrected chi connectivity index (χ2v) is 6.66. The second-order valence-electron chi connectivity index (χ2n) is 4.48. The lowest BCUT2D eigenvalue weighted by Crippen LogP contribution is -2.37. The number of nitrogens with zero attached hydrogens (tertiary/aromatic N) is 1. The molecule has 0 saturated carbocycles. The van der Waals surface area contributed by atoms with Crippen LogP contribution in [0.1, 0.15) is 25.0 Å². The maximum atomic E-state index is 12.2. The van der Waals surface area contributed by atoms with E-state index in [9.17, 15) is 13.2 Å². The maximum absolute atomic E-state index is 12.2. The third-order valence-corrected chi connectivity index (χ3v) is 4.80. The molecule has 6 heteroatoms. The standard InChI is InChI=1S/C14H21NO4S/c1-5-19-14(16)10-15(20(17,18)6-2)13-8-7-11(3)12(4)9-13/h7-9H,5-6,10H2,1-4H3. The topological polar surface area (TPSA) is 63.7 Å². The van der Waals surface area contributed by atoms with Crippen LogP contribution in [0.4, 0.5) is 5.69 Å². The number of hydrogen-bond donors (Lipinski definition) is 0. The Bertz CT molecular complexity index is 581. The molecule has 0 aliphatic rings. The molecular formula is C14H21NO4S. The number of esters is 1. The molecule has 0 atom stereocenters. The summed E-state index contributed by atoms with van der Waals surface area (Å²) in [6.45, 7) is 7.02. The first-order valence-electron chi connectivity index (χ1n) is 6.55. The fourth-order valence-corrected chi connectivity index (χ4v) is 2.76. The van der Waals surface area contributed by atoms with E-state index in [1.807, 2.05) is 19.9 Å². The summed E-state index contributed by atoms with van der Waals surface area (Å²) >= 11 is 0. The Labute approximate surface area is 120 Å². The van der Waals surface area contributed by atoms with Crippen molar-refractivity contribution in [2.45, 2.75) is 27.7 Å². The smallest absolute Gasteiger partial charge is 0.326 e. The summed E-state index contributed by atoms with van der Waals surface area (Å²) in [4.78, 5) is 11.6. The first-order chi connectivity index (χ1) is 9.31. The van der Waals surface area contributed by atoms with Gasteiger partial charge in [0.15, 0.2) is 0 Å². The monoisotopic (exact) mass is 299 g/mol. The third-order valence-electron chi connectivity index (χ3n) is 3.06. The first kappa shape index (κ1) is 16.5. The molecule has 0 spiro atoms. The zero-order chi connectivity index (χ0) is 15.3. The van der Waals surface area contributed by atoms with Gasteiger partial charge in [-0.2, -0.15) is 0 Å². The number of anilines is 1. The Hall–Kier alpha value is -1.56. The van der Waals surface area contributed by atoms with Crippen molar-refractivity contribution in [1.29, 1.82) is 0 Å². The summed E-state index contributed by atoms with van der Waals surface area (Å²) < 4.78 is 30.3. The average molecular weight is 299 g/mol. The SMILES string of the molecule is CCOC(=O)CN(c1ccc(C)c(C)c1)S(=O)(=O)CC. The normalized spacial score (nSPS) is 11.2. The van der Waals surface area contributed by atoms with E-state index in [-0.39, 0.29) is 18.9 Å². The Morgan fingerprint density at radius 1 is 1.20 bits per heavy atom. The first-order valence-corrected chi connectivity index (χ1v) is 8.16. The van der Waals surface area contributed by atoms with Crippen LogP contribution >= 0.6 is 0 Å². The van der Waals surface area contributed by atoms with E-state index in [0.29, 0.717) is 5.69 Å². The zero-order valence-electron chi connectivity index (χ0n) is 12.3. The minimum absolute atomic E-state index is 0.0701. The van der Waals surface area contributed by atoms with Crippen molar-refractivity contribution in [3.05, 3.63) is 29.3 Å². The Kier molecular flexibility index (Phi) is 5.56. The molecule has 0 aliphatic carbocycles. The van der Waals surface area contributed by atoms with Crippen molar-refractivity contribution < 1.29 is 17.9 Å². The summed E-state index contributed by atoms with van der Waals surface area (Å²) in [5.41, 5.74) is 2.53. The van der Waals surface area contributed by atoms with E-state index >= 15 is 0 Å². The molecule has 1 aromatic carbocycles. The van der Waals surface area contributed by atoms with Crippen LogP contribution in [0.2, 0.25) is 0 Å². The van der Waals surface area contributed by atoms with Crippen LogP contribution in [0.3, 0.4) is 0 Å². The number of carbonyl (C=O) groups is 1. The van der Waals surface area contributed by atoms with Crippen LogP contribution < -0.4 is 4.31 Å². The van der Waals surface area contributed by atoms with Crippen molar-refractivity contribution >= 4 is 21.7 Å². The number of benzene rings is 1. The van der Waals surface area contributed by atoms with Crippen LogP contribution in [0.15, 0.2) is 18.2 Å². The third kappa shape index (κ3) is 3.96. The van der Waals surface area contributed by atoms with Gasteiger partial charge >= 0.3 is 5.97 Å². The minimum Gasteiger partial charge on any atom is -0.465 e. The summed E-state index contributed by atoms with van der Waals surface area (Å²) in [6.07, 6.45) is 0. The molecule has 0 aliphatic heterocycles. The van der Waals surface area contributed by atoms with Crippen molar-refractivity contribution in [1.82, 2.24) is 0 Å². The molecule has 1 aromatic rings. The summed E-state index contributed by atoms with van der Waals surface area (Å²) in [5.74, 6) is -0.623. The number of aryl methyl sites for hydroxylation is 2.